The molecule has 0 spiro atoms. The Kier molecular flexibility index (Phi) is 5.69. The summed E-state index contributed by atoms with van der Waals surface area (Å²) in [7, 11) is 0. The van der Waals surface area contributed by atoms with Crippen molar-refractivity contribution in [3.05, 3.63) is 101 Å². The average Bonchev–Trinajstić information content (AvgIpc) is 2.67. The van der Waals surface area contributed by atoms with Gasteiger partial charge in [0.15, 0.2) is 6.61 Å². The van der Waals surface area contributed by atoms with Crippen LogP contribution in [0.5, 0.6) is 5.75 Å². The maximum atomic E-state index is 12.6. The van der Waals surface area contributed by atoms with Crippen molar-refractivity contribution in [3.63, 3.8) is 0 Å². The van der Waals surface area contributed by atoms with Gasteiger partial charge in [-0.25, -0.2) is 0 Å². The molecule has 0 fully saturated rings. The van der Waals surface area contributed by atoms with Crippen LogP contribution >= 0.6 is 0 Å². The maximum absolute atomic E-state index is 12.6. The Bertz CT molecular complexity index is 800. The Morgan fingerprint density at radius 1 is 0.808 bits per heavy atom. The lowest BCUT2D eigenvalue weighted by Gasteiger charge is -2.20. The predicted molar refractivity (Wildman–Crippen MR) is 104 cm³/mol. The van der Waals surface area contributed by atoms with Gasteiger partial charge >= 0.3 is 0 Å². The SMILES string of the molecule is Cc1cccc(C)c1OCC(=O)NC(c1ccccc1)c1ccccc1. The van der Waals surface area contributed by atoms with Crippen molar-refractivity contribution in [2.75, 3.05) is 6.61 Å². The monoisotopic (exact) mass is 345 g/mol. The van der Waals surface area contributed by atoms with Crippen LogP contribution in [-0.2, 0) is 4.79 Å². The second kappa shape index (κ2) is 8.34. The molecule has 0 saturated heterocycles. The Morgan fingerprint density at radius 3 is 1.81 bits per heavy atom. The summed E-state index contributed by atoms with van der Waals surface area (Å²) >= 11 is 0. The van der Waals surface area contributed by atoms with E-state index in [0.29, 0.717) is 0 Å². The number of ether oxygens (including phenoxy) is 1. The molecule has 0 heterocycles. The van der Waals surface area contributed by atoms with E-state index in [2.05, 4.69) is 5.32 Å². The van der Waals surface area contributed by atoms with Crippen molar-refractivity contribution >= 4 is 5.91 Å². The topological polar surface area (TPSA) is 38.3 Å². The zero-order valence-corrected chi connectivity index (χ0v) is 15.1. The zero-order valence-electron chi connectivity index (χ0n) is 15.1. The fraction of sp³-hybridized carbons (Fsp3) is 0.174. The molecule has 0 aliphatic heterocycles. The number of hydrogen-bond donors (Lipinski definition) is 1. The van der Waals surface area contributed by atoms with E-state index in [1.807, 2.05) is 92.7 Å². The fourth-order valence-corrected chi connectivity index (χ4v) is 3.02. The van der Waals surface area contributed by atoms with Crippen LogP contribution in [0.15, 0.2) is 78.9 Å². The first-order valence-electron chi connectivity index (χ1n) is 8.73. The molecule has 0 bridgehead atoms. The Balaban J connectivity index is 1.74. The smallest absolute Gasteiger partial charge is 0.258 e. The molecule has 26 heavy (non-hydrogen) atoms. The molecular formula is C23H23NO2. The lowest BCUT2D eigenvalue weighted by atomic mass is 9.99. The van der Waals surface area contributed by atoms with E-state index in [1.165, 1.54) is 0 Å². The van der Waals surface area contributed by atoms with Gasteiger partial charge in [0.05, 0.1) is 6.04 Å². The minimum atomic E-state index is -0.202. The van der Waals surface area contributed by atoms with Crippen LogP contribution in [0.3, 0.4) is 0 Å². The van der Waals surface area contributed by atoms with E-state index in [-0.39, 0.29) is 18.6 Å². The number of carbonyl (C=O) groups is 1. The van der Waals surface area contributed by atoms with Crippen LogP contribution in [0.4, 0.5) is 0 Å². The summed E-state index contributed by atoms with van der Waals surface area (Å²) in [5, 5.41) is 3.09. The molecule has 3 nitrogen and oxygen atoms in total. The molecule has 3 heteroatoms. The van der Waals surface area contributed by atoms with E-state index >= 15 is 0 Å². The summed E-state index contributed by atoms with van der Waals surface area (Å²) < 4.78 is 5.79. The van der Waals surface area contributed by atoms with Gasteiger partial charge in [-0.1, -0.05) is 78.9 Å². The highest BCUT2D eigenvalue weighted by atomic mass is 16.5. The van der Waals surface area contributed by atoms with Gasteiger partial charge in [-0.3, -0.25) is 4.79 Å². The Labute approximate surface area is 154 Å². The van der Waals surface area contributed by atoms with Gasteiger partial charge < -0.3 is 10.1 Å². The fourth-order valence-electron chi connectivity index (χ4n) is 3.02. The second-order valence-corrected chi connectivity index (χ2v) is 6.33. The third kappa shape index (κ3) is 4.31. The van der Waals surface area contributed by atoms with Crippen molar-refractivity contribution < 1.29 is 9.53 Å². The summed E-state index contributed by atoms with van der Waals surface area (Å²) in [6.45, 7) is 3.95. The number of hydrogen-bond acceptors (Lipinski definition) is 2. The standard InChI is InChI=1S/C23H23NO2/c1-17-10-9-11-18(2)23(17)26-16-21(25)24-22(19-12-5-3-6-13-19)20-14-7-4-8-15-20/h3-15,22H,16H2,1-2H3,(H,24,25). The van der Waals surface area contributed by atoms with Crippen LogP contribution in [-0.4, -0.2) is 12.5 Å². The van der Waals surface area contributed by atoms with Crippen LogP contribution in [0.1, 0.15) is 28.3 Å². The van der Waals surface area contributed by atoms with Gasteiger partial charge in [0.25, 0.3) is 5.91 Å². The summed E-state index contributed by atoms with van der Waals surface area (Å²) in [6, 6.07) is 25.7. The minimum absolute atomic E-state index is 0.0120. The molecule has 1 N–H and O–H groups in total. The van der Waals surface area contributed by atoms with Gasteiger partial charge in [-0.05, 0) is 36.1 Å². The van der Waals surface area contributed by atoms with Crippen molar-refractivity contribution in [1.82, 2.24) is 5.32 Å². The van der Waals surface area contributed by atoms with Gasteiger partial charge in [-0.2, -0.15) is 0 Å². The van der Waals surface area contributed by atoms with Crippen LogP contribution < -0.4 is 10.1 Å². The first kappa shape index (κ1) is 17.7. The van der Waals surface area contributed by atoms with Crippen molar-refractivity contribution in [2.24, 2.45) is 0 Å². The van der Waals surface area contributed by atoms with Gasteiger partial charge in [0.1, 0.15) is 5.75 Å². The lowest BCUT2D eigenvalue weighted by Crippen LogP contribution is -2.33. The minimum Gasteiger partial charge on any atom is -0.483 e. The largest absolute Gasteiger partial charge is 0.483 e. The quantitative estimate of drug-likeness (QED) is 0.710. The first-order chi connectivity index (χ1) is 12.6. The molecule has 0 unspecified atom stereocenters. The van der Waals surface area contributed by atoms with Crippen molar-refractivity contribution in [3.8, 4) is 5.75 Å². The molecule has 0 radical (unpaired) electrons. The van der Waals surface area contributed by atoms with E-state index in [0.717, 1.165) is 28.0 Å². The van der Waals surface area contributed by atoms with Gasteiger partial charge in [0.2, 0.25) is 0 Å². The molecule has 0 aromatic heterocycles. The highest BCUT2D eigenvalue weighted by molar-refractivity contribution is 5.78. The zero-order chi connectivity index (χ0) is 18.4. The lowest BCUT2D eigenvalue weighted by molar-refractivity contribution is -0.123. The molecule has 1 amide bonds. The van der Waals surface area contributed by atoms with Crippen LogP contribution in [0.2, 0.25) is 0 Å². The van der Waals surface area contributed by atoms with Crippen LogP contribution in [0, 0.1) is 13.8 Å². The highest BCUT2D eigenvalue weighted by Crippen LogP contribution is 2.23. The molecule has 3 aromatic rings. The first-order valence-corrected chi connectivity index (χ1v) is 8.73. The van der Waals surface area contributed by atoms with Gasteiger partial charge in [-0.15, -0.1) is 0 Å². The van der Waals surface area contributed by atoms with E-state index in [4.69, 9.17) is 4.74 Å². The number of nitrogens with one attached hydrogen (secondary N) is 1. The number of amides is 1. The Hall–Kier alpha value is -3.07. The Morgan fingerprint density at radius 2 is 1.31 bits per heavy atom. The predicted octanol–water partition coefficient (Wildman–Crippen LogP) is 4.59. The molecule has 0 aliphatic carbocycles. The second-order valence-electron chi connectivity index (χ2n) is 6.33. The third-order valence-corrected chi connectivity index (χ3v) is 4.33. The summed E-state index contributed by atoms with van der Waals surface area (Å²) in [5.41, 5.74) is 4.14. The summed E-state index contributed by atoms with van der Waals surface area (Å²) in [5.74, 6) is 0.629. The highest BCUT2D eigenvalue weighted by Gasteiger charge is 2.17. The molecule has 3 rings (SSSR count). The van der Waals surface area contributed by atoms with Crippen molar-refractivity contribution in [2.45, 2.75) is 19.9 Å². The molecule has 132 valence electrons. The van der Waals surface area contributed by atoms with Crippen LogP contribution in [0.25, 0.3) is 0 Å². The summed E-state index contributed by atoms with van der Waals surface area (Å²) in [4.78, 5) is 12.6. The molecular weight excluding hydrogens is 322 g/mol. The normalized spacial score (nSPS) is 10.6. The third-order valence-electron chi connectivity index (χ3n) is 4.33. The summed E-state index contributed by atoms with van der Waals surface area (Å²) in [6.07, 6.45) is 0. The van der Waals surface area contributed by atoms with E-state index < -0.39 is 0 Å². The number of rotatable bonds is 6. The molecule has 3 aromatic carbocycles. The molecule has 0 aliphatic rings. The molecule has 0 atom stereocenters. The van der Waals surface area contributed by atoms with E-state index in [9.17, 15) is 4.79 Å². The van der Waals surface area contributed by atoms with Crippen molar-refractivity contribution in [1.29, 1.82) is 0 Å². The number of para-hydroxylation sites is 1. The molecule has 0 saturated carbocycles. The number of benzene rings is 3. The average molecular weight is 345 g/mol. The van der Waals surface area contributed by atoms with Gasteiger partial charge in [0, 0.05) is 0 Å². The maximum Gasteiger partial charge on any atom is 0.258 e. The number of carbonyl (C=O) groups excluding carboxylic acids is 1. The number of aryl methyl sites for hydroxylation is 2. The van der Waals surface area contributed by atoms with E-state index in [1.54, 1.807) is 0 Å².